The number of aliphatic hydroxyl groups is 1. The van der Waals surface area contributed by atoms with Crippen molar-refractivity contribution in [2.24, 2.45) is 0 Å². The summed E-state index contributed by atoms with van der Waals surface area (Å²) in [4.78, 5) is 38.9. The number of hydrogen-bond acceptors (Lipinski definition) is 7. The number of aromatic nitrogens is 2. The minimum Gasteiger partial charge on any atom is -0.507 e. The van der Waals surface area contributed by atoms with Crippen LogP contribution in [0.2, 0.25) is 0 Å². The summed E-state index contributed by atoms with van der Waals surface area (Å²) in [5.74, 6) is -0.306. The van der Waals surface area contributed by atoms with Crippen molar-refractivity contribution in [3.05, 3.63) is 84.3 Å². The molecule has 0 fully saturated rings. The number of aliphatic hydroxyl groups excluding tert-OH is 1. The average Bonchev–Trinajstić information content (AvgIpc) is 2.61. The van der Waals surface area contributed by atoms with Crippen LogP contribution < -0.4 is 5.56 Å². The number of aromatic amines is 1. The number of non-ortho nitro benzene ring substituents is 2. The molecule has 3 aromatic rings. The van der Waals surface area contributed by atoms with E-state index in [0.29, 0.717) is 5.52 Å². The van der Waals surface area contributed by atoms with Gasteiger partial charge in [-0.2, -0.15) is 0 Å². The molecule has 0 spiro atoms. The van der Waals surface area contributed by atoms with Crippen LogP contribution in [0.15, 0.2) is 47.3 Å². The first-order valence-corrected chi connectivity index (χ1v) is 7.19. The third kappa shape index (κ3) is 3.24. The van der Waals surface area contributed by atoms with Crippen molar-refractivity contribution in [3.63, 3.8) is 0 Å². The van der Waals surface area contributed by atoms with Crippen LogP contribution in [0.5, 0.6) is 0 Å². The highest BCUT2D eigenvalue weighted by molar-refractivity contribution is 5.80. The summed E-state index contributed by atoms with van der Waals surface area (Å²) in [5, 5.41) is 31.5. The van der Waals surface area contributed by atoms with Crippen LogP contribution in [0, 0.1) is 20.2 Å². The van der Waals surface area contributed by atoms with Crippen molar-refractivity contribution in [1.29, 1.82) is 0 Å². The summed E-state index contributed by atoms with van der Waals surface area (Å²) < 4.78 is 0. The number of hydrogen-bond donors (Lipinski definition) is 2. The molecule has 0 saturated heterocycles. The Morgan fingerprint density at radius 3 is 2.27 bits per heavy atom. The maximum atomic E-state index is 12.1. The number of benzene rings is 2. The van der Waals surface area contributed by atoms with Gasteiger partial charge in [0.1, 0.15) is 11.5 Å². The van der Waals surface area contributed by atoms with E-state index in [1.54, 1.807) is 0 Å². The number of nitrogens with zero attached hydrogens (tertiary/aromatic N) is 3. The molecule has 1 heterocycles. The highest BCUT2D eigenvalue weighted by Crippen LogP contribution is 2.20. The fourth-order valence-corrected chi connectivity index (χ4v) is 2.27. The number of rotatable bonds is 4. The van der Waals surface area contributed by atoms with E-state index in [1.165, 1.54) is 42.5 Å². The van der Waals surface area contributed by atoms with E-state index in [2.05, 4.69) is 9.97 Å². The zero-order valence-electron chi connectivity index (χ0n) is 12.9. The van der Waals surface area contributed by atoms with Crippen LogP contribution in [0.4, 0.5) is 11.4 Å². The third-order valence-electron chi connectivity index (χ3n) is 3.56. The highest BCUT2D eigenvalue weighted by Gasteiger charge is 2.11. The lowest BCUT2D eigenvalue weighted by molar-refractivity contribution is -0.385. The van der Waals surface area contributed by atoms with Gasteiger partial charge in [0.05, 0.1) is 20.9 Å². The van der Waals surface area contributed by atoms with Crippen molar-refractivity contribution in [1.82, 2.24) is 9.97 Å². The van der Waals surface area contributed by atoms with Crippen molar-refractivity contribution < 1.29 is 15.0 Å². The lowest BCUT2D eigenvalue weighted by Crippen LogP contribution is -2.12. The SMILES string of the molecule is O=c1[nH]c2cc([N+](=O)[O-])ccc2nc1C=C(O)c1ccc([N+](=O)[O-])cc1. The molecule has 10 heteroatoms. The Kier molecular flexibility index (Phi) is 4.15. The van der Waals surface area contributed by atoms with E-state index in [9.17, 15) is 30.1 Å². The number of nitro groups is 2. The van der Waals surface area contributed by atoms with Crippen LogP contribution in [-0.2, 0) is 0 Å². The Morgan fingerprint density at radius 1 is 1.04 bits per heavy atom. The number of fused-ring (bicyclic) bond motifs is 1. The molecule has 0 unspecified atom stereocenters. The predicted molar refractivity (Wildman–Crippen MR) is 92.6 cm³/mol. The summed E-state index contributed by atoms with van der Waals surface area (Å²) in [5.41, 5.74) is -0.319. The van der Waals surface area contributed by atoms with Gasteiger partial charge in [-0.25, -0.2) is 4.98 Å². The van der Waals surface area contributed by atoms with Crippen molar-refractivity contribution >= 4 is 34.2 Å². The van der Waals surface area contributed by atoms with Gasteiger partial charge in [-0.05, 0) is 18.2 Å². The average molecular weight is 354 g/mol. The lowest BCUT2D eigenvalue weighted by Gasteiger charge is -2.02. The summed E-state index contributed by atoms with van der Waals surface area (Å²) in [6.07, 6.45) is 1.11. The zero-order valence-corrected chi connectivity index (χ0v) is 12.9. The molecule has 2 aromatic carbocycles. The molecule has 3 rings (SSSR count). The second-order valence-corrected chi connectivity index (χ2v) is 5.24. The predicted octanol–water partition coefficient (Wildman–Crippen LogP) is 2.80. The Morgan fingerprint density at radius 2 is 1.65 bits per heavy atom. The molecule has 10 nitrogen and oxygen atoms in total. The molecule has 0 aliphatic heterocycles. The Balaban J connectivity index is 2.01. The molecule has 0 amide bonds. The molecule has 0 radical (unpaired) electrons. The molecule has 0 atom stereocenters. The molecule has 0 aliphatic carbocycles. The van der Waals surface area contributed by atoms with E-state index >= 15 is 0 Å². The molecular formula is C16H10N4O6. The van der Waals surface area contributed by atoms with Gasteiger partial charge in [0, 0.05) is 35.9 Å². The monoisotopic (exact) mass is 354 g/mol. The van der Waals surface area contributed by atoms with Crippen LogP contribution in [0.3, 0.4) is 0 Å². The van der Waals surface area contributed by atoms with Crippen molar-refractivity contribution in [2.75, 3.05) is 0 Å². The summed E-state index contributed by atoms with van der Waals surface area (Å²) >= 11 is 0. The maximum Gasteiger partial charge on any atom is 0.274 e. The summed E-state index contributed by atoms with van der Waals surface area (Å²) in [7, 11) is 0. The van der Waals surface area contributed by atoms with E-state index in [-0.39, 0.29) is 33.9 Å². The Bertz CT molecular complexity index is 1120. The Hall–Kier alpha value is -4.08. The minimum absolute atomic E-state index is 0.109. The van der Waals surface area contributed by atoms with Crippen molar-refractivity contribution in [2.45, 2.75) is 0 Å². The molecule has 1 aromatic heterocycles. The van der Waals surface area contributed by atoms with Gasteiger partial charge in [-0.3, -0.25) is 25.0 Å². The van der Waals surface area contributed by atoms with Gasteiger partial charge in [0.2, 0.25) is 0 Å². The highest BCUT2D eigenvalue weighted by atomic mass is 16.6. The molecule has 2 N–H and O–H groups in total. The maximum absolute atomic E-state index is 12.1. The van der Waals surface area contributed by atoms with E-state index in [1.807, 2.05) is 0 Å². The number of nitrogens with one attached hydrogen (secondary N) is 1. The number of H-pyrrole nitrogens is 1. The second kappa shape index (κ2) is 6.43. The first-order valence-electron chi connectivity index (χ1n) is 7.19. The van der Waals surface area contributed by atoms with Crippen LogP contribution >= 0.6 is 0 Å². The second-order valence-electron chi connectivity index (χ2n) is 5.24. The lowest BCUT2D eigenvalue weighted by atomic mass is 10.1. The molecule has 130 valence electrons. The third-order valence-corrected chi connectivity index (χ3v) is 3.56. The van der Waals surface area contributed by atoms with Gasteiger partial charge in [-0.1, -0.05) is 0 Å². The van der Waals surface area contributed by atoms with Crippen LogP contribution in [0.1, 0.15) is 11.3 Å². The van der Waals surface area contributed by atoms with Gasteiger partial charge in [-0.15, -0.1) is 0 Å². The first kappa shape index (κ1) is 16.8. The van der Waals surface area contributed by atoms with Crippen LogP contribution in [0.25, 0.3) is 22.9 Å². The van der Waals surface area contributed by atoms with Crippen molar-refractivity contribution in [3.8, 4) is 0 Å². The fourth-order valence-electron chi connectivity index (χ4n) is 2.27. The first-order chi connectivity index (χ1) is 12.3. The smallest absolute Gasteiger partial charge is 0.274 e. The fraction of sp³-hybridized carbons (Fsp3) is 0. The molecule has 0 bridgehead atoms. The molecule has 0 saturated carbocycles. The molecule has 26 heavy (non-hydrogen) atoms. The normalized spacial score (nSPS) is 11.5. The minimum atomic E-state index is -0.647. The zero-order chi connectivity index (χ0) is 18.8. The van der Waals surface area contributed by atoms with Gasteiger partial charge in [0.25, 0.3) is 16.9 Å². The van der Waals surface area contributed by atoms with Crippen LogP contribution in [-0.4, -0.2) is 24.9 Å². The summed E-state index contributed by atoms with van der Waals surface area (Å²) in [6.45, 7) is 0. The quantitative estimate of drug-likeness (QED) is 0.415. The van der Waals surface area contributed by atoms with E-state index in [4.69, 9.17) is 0 Å². The van der Waals surface area contributed by atoms with E-state index < -0.39 is 15.4 Å². The van der Waals surface area contributed by atoms with E-state index in [0.717, 1.165) is 6.08 Å². The van der Waals surface area contributed by atoms with Gasteiger partial charge in [0.15, 0.2) is 0 Å². The standard InChI is InChI=1S/C16H10N4O6/c21-15(9-1-3-10(4-2-9)19(23)24)8-14-16(22)18-13-7-11(20(25)26)5-6-12(13)17-14/h1-8,21H,(H,18,22). The summed E-state index contributed by atoms with van der Waals surface area (Å²) in [6, 6.07) is 8.92. The van der Waals surface area contributed by atoms with Gasteiger partial charge >= 0.3 is 0 Å². The molecular weight excluding hydrogens is 344 g/mol. The largest absolute Gasteiger partial charge is 0.507 e. The Labute approximate surface area is 144 Å². The topological polar surface area (TPSA) is 152 Å². The van der Waals surface area contributed by atoms with Gasteiger partial charge < -0.3 is 10.1 Å². The molecule has 0 aliphatic rings. The number of nitro benzene ring substituents is 2.